The average Bonchev–Trinajstić information content (AvgIpc) is 3.20. The third-order valence-electron chi connectivity index (χ3n) is 5.50. The molecule has 0 aliphatic heterocycles. The Labute approximate surface area is 176 Å². The van der Waals surface area contributed by atoms with Crippen LogP contribution in [0.5, 0.6) is 0 Å². The van der Waals surface area contributed by atoms with Crippen LogP contribution >= 0.6 is 0 Å². The first kappa shape index (κ1) is 18.2. The highest BCUT2D eigenvalue weighted by Crippen LogP contribution is 2.35. The summed E-state index contributed by atoms with van der Waals surface area (Å²) in [6.07, 6.45) is 6.52. The monoisotopic (exact) mass is 386 g/mol. The molecule has 0 saturated carbocycles. The number of hydrogen-bond acceptors (Lipinski definition) is 1. The van der Waals surface area contributed by atoms with Crippen LogP contribution in [0.1, 0.15) is 18.1 Å². The summed E-state index contributed by atoms with van der Waals surface area (Å²) >= 11 is 0. The molecule has 0 aliphatic rings. The molecule has 1 nitrogen and oxygen atoms in total. The minimum absolute atomic E-state index is 0.925. The lowest BCUT2D eigenvalue weighted by Gasteiger charge is -2.05. The van der Waals surface area contributed by atoms with Crippen molar-refractivity contribution in [2.75, 3.05) is 0 Å². The van der Waals surface area contributed by atoms with Crippen LogP contribution in [0.4, 0.5) is 0 Å². The summed E-state index contributed by atoms with van der Waals surface area (Å²) in [4.78, 5) is 0. The van der Waals surface area contributed by atoms with Gasteiger partial charge in [-0.15, -0.1) is 0 Å². The highest BCUT2D eigenvalue weighted by atomic mass is 16.3. The maximum atomic E-state index is 6.05. The SMILES string of the molecule is C/C=C(\C=C/c1ccc(-c2ccccc2)cc1)c1cccc2oc3ccccc3c12. The van der Waals surface area contributed by atoms with Crippen molar-refractivity contribution in [2.24, 2.45) is 0 Å². The molecule has 0 aliphatic carbocycles. The Hall–Kier alpha value is -3.84. The zero-order valence-corrected chi connectivity index (χ0v) is 16.9. The van der Waals surface area contributed by atoms with E-state index in [1.807, 2.05) is 24.3 Å². The zero-order valence-electron chi connectivity index (χ0n) is 16.9. The molecule has 1 heterocycles. The Morgan fingerprint density at radius 1 is 0.667 bits per heavy atom. The van der Waals surface area contributed by atoms with Crippen molar-refractivity contribution in [3.05, 3.63) is 120 Å². The Balaban J connectivity index is 1.49. The molecule has 0 N–H and O–H groups in total. The molecule has 5 rings (SSSR count). The van der Waals surface area contributed by atoms with Gasteiger partial charge in [-0.05, 0) is 46.9 Å². The number of para-hydroxylation sites is 1. The van der Waals surface area contributed by atoms with Crippen LogP contribution in [-0.2, 0) is 0 Å². The fourth-order valence-corrected chi connectivity index (χ4v) is 3.96. The van der Waals surface area contributed by atoms with Gasteiger partial charge in [-0.1, -0.05) is 103 Å². The number of rotatable bonds is 4. The molecule has 1 aromatic heterocycles. The highest BCUT2D eigenvalue weighted by molar-refractivity contribution is 6.11. The summed E-state index contributed by atoms with van der Waals surface area (Å²) in [6.45, 7) is 2.08. The van der Waals surface area contributed by atoms with Gasteiger partial charge in [0.05, 0.1) is 0 Å². The molecule has 144 valence electrons. The smallest absolute Gasteiger partial charge is 0.136 e. The van der Waals surface area contributed by atoms with E-state index in [1.165, 1.54) is 33.2 Å². The Kier molecular flexibility index (Phi) is 4.78. The number of benzene rings is 4. The van der Waals surface area contributed by atoms with Crippen molar-refractivity contribution in [2.45, 2.75) is 6.92 Å². The van der Waals surface area contributed by atoms with Crippen LogP contribution in [0, 0.1) is 0 Å². The van der Waals surface area contributed by atoms with Crippen LogP contribution < -0.4 is 0 Å². The van der Waals surface area contributed by atoms with E-state index in [2.05, 4.69) is 97.9 Å². The van der Waals surface area contributed by atoms with Gasteiger partial charge in [-0.25, -0.2) is 0 Å². The van der Waals surface area contributed by atoms with Crippen molar-refractivity contribution >= 4 is 33.6 Å². The lowest BCUT2D eigenvalue weighted by Crippen LogP contribution is -1.83. The van der Waals surface area contributed by atoms with Crippen molar-refractivity contribution < 1.29 is 4.42 Å². The summed E-state index contributed by atoms with van der Waals surface area (Å²) in [5, 5.41) is 2.33. The average molecular weight is 386 g/mol. The van der Waals surface area contributed by atoms with E-state index >= 15 is 0 Å². The first-order valence-electron chi connectivity index (χ1n) is 10.2. The second kappa shape index (κ2) is 7.88. The van der Waals surface area contributed by atoms with Gasteiger partial charge < -0.3 is 4.42 Å². The van der Waals surface area contributed by atoms with Crippen LogP contribution in [0.2, 0.25) is 0 Å². The normalized spacial score (nSPS) is 12.2. The molecule has 5 aromatic rings. The summed E-state index contributed by atoms with van der Waals surface area (Å²) in [7, 11) is 0. The van der Waals surface area contributed by atoms with Gasteiger partial charge in [-0.3, -0.25) is 0 Å². The quantitative estimate of drug-likeness (QED) is 0.283. The van der Waals surface area contributed by atoms with E-state index in [0.29, 0.717) is 0 Å². The second-order valence-electron chi connectivity index (χ2n) is 7.34. The van der Waals surface area contributed by atoms with Crippen molar-refractivity contribution in [1.82, 2.24) is 0 Å². The van der Waals surface area contributed by atoms with Gasteiger partial charge in [0.15, 0.2) is 0 Å². The van der Waals surface area contributed by atoms with E-state index in [9.17, 15) is 0 Å². The van der Waals surface area contributed by atoms with E-state index in [4.69, 9.17) is 4.42 Å². The first-order chi connectivity index (χ1) is 14.8. The minimum atomic E-state index is 0.925. The molecule has 0 unspecified atom stereocenters. The molecule has 0 radical (unpaired) electrons. The van der Waals surface area contributed by atoms with Crippen LogP contribution in [-0.4, -0.2) is 0 Å². The largest absolute Gasteiger partial charge is 0.456 e. The molecule has 0 amide bonds. The zero-order chi connectivity index (χ0) is 20.3. The van der Waals surface area contributed by atoms with Gasteiger partial charge in [0.25, 0.3) is 0 Å². The number of furan rings is 1. The molecular formula is C29H22O. The molecule has 1 heteroatoms. The van der Waals surface area contributed by atoms with Gasteiger partial charge in [0, 0.05) is 10.8 Å². The summed E-state index contributed by atoms with van der Waals surface area (Å²) in [5.41, 5.74) is 7.87. The van der Waals surface area contributed by atoms with Crippen LogP contribution in [0.15, 0.2) is 114 Å². The Morgan fingerprint density at radius 2 is 1.37 bits per heavy atom. The fourth-order valence-electron chi connectivity index (χ4n) is 3.96. The Morgan fingerprint density at radius 3 is 2.17 bits per heavy atom. The minimum Gasteiger partial charge on any atom is -0.456 e. The predicted molar refractivity (Wildman–Crippen MR) is 128 cm³/mol. The maximum Gasteiger partial charge on any atom is 0.136 e. The third kappa shape index (κ3) is 3.35. The number of fused-ring (bicyclic) bond motifs is 3. The summed E-state index contributed by atoms with van der Waals surface area (Å²) < 4.78 is 6.05. The molecule has 4 aromatic carbocycles. The van der Waals surface area contributed by atoms with Crippen LogP contribution in [0.3, 0.4) is 0 Å². The molecule has 0 spiro atoms. The van der Waals surface area contributed by atoms with E-state index in [1.54, 1.807) is 0 Å². The lowest BCUT2D eigenvalue weighted by atomic mass is 9.98. The molecular weight excluding hydrogens is 364 g/mol. The van der Waals surface area contributed by atoms with Crippen LogP contribution in [0.25, 0.3) is 44.7 Å². The Bertz CT molecular complexity index is 1370. The predicted octanol–water partition coefficient (Wildman–Crippen LogP) is 8.37. The molecule has 0 atom stereocenters. The van der Waals surface area contributed by atoms with E-state index in [0.717, 1.165) is 16.6 Å². The van der Waals surface area contributed by atoms with E-state index in [-0.39, 0.29) is 0 Å². The van der Waals surface area contributed by atoms with Gasteiger partial charge in [0.2, 0.25) is 0 Å². The van der Waals surface area contributed by atoms with Gasteiger partial charge in [0.1, 0.15) is 11.2 Å². The number of hydrogen-bond donors (Lipinski definition) is 0. The second-order valence-corrected chi connectivity index (χ2v) is 7.34. The molecule has 30 heavy (non-hydrogen) atoms. The molecule has 0 saturated heterocycles. The maximum absolute atomic E-state index is 6.05. The standard InChI is InChI=1S/C29H22O/c1-2-22(18-15-21-16-19-24(20-17-21)23-9-4-3-5-10-23)25-12-8-14-28-29(25)26-11-6-7-13-27(26)30-28/h2-20H,1H3/b18-15-,22-2+. The van der Waals surface area contributed by atoms with Crippen molar-refractivity contribution in [3.8, 4) is 11.1 Å². The van der Waals surface area contributed by atoms with E-state index < -0.39 is 0 Å². The number of allylic oxidation sites excluding steroid dienone is 3. The fraction of sp³-hybridized carbons (Fsp3) is 0.0345. The molecule has 0 fully saturated rings. The third-order valence-corrected chi connectivity index (χ3v) is 5.50. The highest BCUT2D eigenvalue weighted by Gasteiger charge is 2.11. The molecule has 0 bridgehead atoms. The summed E-state index contributed by atoms with van der Waals surface area (Å²) in [5.74, 6) is 0. The van der Waals surface area contributed by atoms with Crippen molar-refractivity contribution in [1.29, 1.82) is 0 Å². The first-order valence-corrected chi connectivity index (χ1v) is 10.2. The van der Waals surface area contributed by atoms with Crippen molar-refractivity contribution in [3.63, 3.8) is 0 Å². The lowest BCUT2D eigenvalue weighted by molar-refractivity contribution is 0.669. The topological polar surface area (TPSA) is 13.1 Å². The summed E-state index contributed by atoms with van der Waals surface area (Å²) in [6, 6.07) is 33.6. The van der Waals surface area contributed by atoms with Gasteiger partial charge >= 0.3 is 0 Å². The van der Waals surface area contributed by atoms with Gasteiger partial charge in [-0.2, -0.15) is 0 Å².